The van der Waals surface area contributed by atoms with Crippen molar-refractivity contribution >= 4 is 10.0 Å². The predicted octanol–water partition coefficient (Wildman–Crippen LogP) is 2.02. The van der Waals surface area contributed by atoms with Gasteiger partial charge in [-0.25, -0.2) is 13.1 Å². The van der Waals surface area contributed by atoms with Crippen LogP contribution in [-0.4, -0.2) is 27.7 Å². The van der Waals surface area contributed by atoms with Crippen LogP contribution in [0, 0.1) is 0 Å². The number of hydrogen-bond acceptors (Lipinski definition) is 3. The fourth-order valence-electron chi connectivity index (χ4n) is 3.02. The van der Waals surface area contributed by atoms with Gasteiger partial charge in [-0.05, 0) is 61.8 Å². The van der Waals surface area contributed by atoms with Gasteiger partial charge in [0.2, 0.25) is 10.0 Å². The minimum absolute atomic E-state index is 0.220. The zero-order valence-corrected chi connectivity index (χ0v) is 12.4. The van der Waals surface area contributed by atoms with Crippen LogP contribution in [0.2, 0.25) is 0 Å². The van der Waals surface area contributed by atoms with Gasteiger partial charge in [-0.2, -0.15) is 0 Å². The second-order valence-corrected chi connectivity index (χ2v) is 7.37. The molecular formula is C15H21NO3S. The standard InChI is InChI=1S/C15H21NO3S/c17-20(18,16-9-8-14-5-2-10-19-14)15-7-6-12-3-1-4-13(12)11-15/h6-7,11,14,16H,1-5,8-10H2. The first-order valence-electron chi connectivity index (χ1n) is 7.38. The number of aryl methyl sites for hydroxylation is 2. The predicted molar refractivity (Wildman–Crippen MR) is 77.2 cm³/mol. The van der Waals surface area contributed by atoms with Crippen molar-refractivity contribution in [2.75, 3.05) is 13.2 Å². The molecule has 3 rings (SSSR count). The number of hydrogen-bond donors (Lipinski definition) is 1. The minimum atomic E-state index is -3.38. The minimum Gasteiger partial charge on any atom is -0.378 e. The fourth-order valence-corrected chi connectivity index (χ4v) is 4.12. The maximum atomic E-state index is 12.3. The van der Waals surface area contributed by atoms with Crippen LogP contribution in [0.3, 0.4) is 0 Å². The summed E-state index contributed by atoms with van der Waals surface area (Å²) in [4.78, 5) is 0.394. The van der Waals surface area contributed by atoms with E-state index in [1.54, 1.807) is 6.07 Å². The average molecular weight is 295 g/mol. The molecule has 0 saturated carbocycles. The van der Waals surface area contributed by atoms with Crippen molar-refractivity contribution in [1.82, 2.24) is 4.72 Å². The summed E-state index contributed by atoms with van der Waals surface area (Å²) >= 11 is 0. The first-order chi connectivity index (χ1) is 9.65. The van der Waals surface area contributed by atoms with Gasteiger partial charge in [-0.3, -0.25) is 0 Å². The number of benzene rings is 1. The lowest BCUT2D eigenvalue weighted by Gasteiger charge is -2.11. The Kier molecular flexibility index (Phi) is 4.10. The van der Waals surface area contributed by atoms with Crippen molar-refractivity contribution in [3.8, 4) is 0 Å². The number of fused-ring (bicyclic) bond motifs is 1. The quantitative estimate of drug-likeness (QED) is 0.904. The lowest BCUT2D eigenvalue weighted by atomic mass is 10.1. The highest BCUT2D eigenvalue weighted by Gasteiger charge is 2.20. The van der Waals surface area contributed by atoms with Gasteiger partial charge in [0, 0.05) is 13.2 Å². The number of ether oxygens (including phenoxy) is 1. The number of nitrogens with one attached hydrogen (secondary N) is 1. The van der Waals surface area contributed by atoms with E-state index in [1.165, 1.54) is 11.1 Å². The lowest BCUT2D eigenvalue weighted by molar-refractivity contribution is 0.105. The monoisotopic (exact) mass is 295 g/mol. The van der Waals surface area contributed by atoms with Crippen LogP contribution < -0.4 is 4.72 Å². The molecule has 20 heavy (non-hydrogen) atoms. The van der Waals surface area contributed by atoms with Gasteiger partial charge in [0.25, 0.3) is 0 Å². The molecule has 0 aromatic heterocycles. The molecule has 1 fully saturated rings. The van der Waals surface area contributed by atoms with Gasteiger partial charge in [0.05, 0.1) is 11.0 Å². The number of rotatable bonds is 5. The summed E-state index contributed by atoms with van der Waals surface area (Å²) in [6, 6.07) is 5.51. The summed E-state index contributed by atoms with van der Waals surface area (Å²) in [6.07, 6.45) is 6.30. The summed E-state index contributed by atoms with van der Waals surface area (Å²) in [5.41, 5.74) is 2.48. The molecule has 1 aromatic rings. The van der Waals surface area contributed by atoms with Gasteiger partial charge in [0.15, 0.2) is 0 Å². The Hall–Kier alpha value is -0.910. The van der Waals surface area contributed by atoms with Crippen molar-refractivity contribution < 1.29 is 13.2 Å². The third-order valence-corrected chi connectivity index (χ3v) is 5.62. The van der Waals surface area contributed by atoms with Crippen molar-refractivity contribution in [3.05, 3.63) is 29.3 Å². The van der Waals surface area contributed by atoms with Crippen molar-refractivity contribution in [2.24, 2.45) is 0 Å². The van der Waals surface area contributed by atoms with Crippen LogP contribution in [0.4, 0.5) is 0 Å². The normalized spacial score (nSPS) is 22.1. The maximum absolute atomic E-state index is 12.3. The second kappa shape index (κ2) is 5.84. The van der Waals surface area contributed by atoms with Gasteiger partial charge < -0.3 is 4.74 Å². The van der Waals surface area contributed by atoms with Crippen LogP contribution in [0.5, 0.6) is 0 Å². The van der Waals surface area contributed by atoms with E-state index in [1.807, 2.05) is 12.1 Å². The average Bonchev–Trinajstić information content (AvgIpc) is 3.08. The SMILES string of the molecule is O=S(=O)(NCCC1CCCO1)c1ccc2c(c1)CCC2. The van der Waals surface area contributed by atoms with E-state index < -0.39 is 10.0 Å². The highest BCUT2D eigenvalue weighted by molar-refractivity contribution is 7.89. The molecule has 1 N–H and O–H groups in total. The van der Waals surface area contributed by atoms with Gasteiger partial charge >= 0.3 is 0 Å². The molecule has 1 atom stereocenters. The van der Waals surface area contributed by atoms with E-state index in [0.29, 0.717) is 11.4 Å². The molecule has 0 radical (unpaired) electrons. The largest absolute Gasteiger partial charge is 0.378 e. The molecular weight excluding hydrogens is 274 g/mol. The third-order valence-electron chi connectivity index (χ3n) is 4.16. The Morgan fingerprint density at radius 1 is 1.20 bits per heavy atom. The van der Waals surface area contributed by atoms with Gasteiger partial charge in [-0.1, -0.05) is 6.07 Å². The molecule has 110 valence electrons. The van der Waals surface area contributed by atoms with Crippen LogP contribution in [0.1, 0.15) is 36.8 Å². The Bertz CT molecular complexity index is 577. The Morgan fingerprint density at radius 3 is 2.85 bits per heavy atom. The number of sulfonamides is 1. The zero-order valence-electron chi connectivity index (χ0n) is 11.6. The van der Waals surface area contributed by atoms with Gasteiger partial charge in [0.1, 0.15) is 0 Å². The van der Waals surface area contributed by atoms with Crippen molar-refractivity contribution in [3.63, 3.8) is 0 Å². The summed E-state index contributed by atoms with van der Waals surface area (Å²) in [7, 11) is -3.38. The van der Waals surface area contributed by atoms with Crippen LogP contribution in [0.15, 0.2) is 23.1 Å². The van der Waals surface area contributed by atoms with Crippen LogP contribution in [-0.2, 0) is 27.6 Å². The maximum Gasteiger partial charge on any atom is 0.240 e. The Morgan fingerprint density at radius 2 is 2.05 bits per heavy atom. The summed E-state index contributed by atoms with van der Waals surface area (Å²) < 4.78 is 32.7. The van der Waals surface area contributed by atoms with Crippen molar-refractivity contribution in [2.45, 2.75) is 49.5 Å². The lowest BCUT2D eigenvalue weighted by Crippen LogP contribution is -2.27. The van der Waals surface area contributed by atoms with Crippen LogP contribution >= 0.6 is 0 Å². The molecule has 1 saturated heterocycles. The topological polar surface area (TPSA) is 55.4 Å². The van der Waals surface area contributed by atoms with Crippen molar-refractivity contribution in [1.29, 1.82) is 0 Å². The Balaban J connectivity index is 1.62. The summed E-state index contributed by atoms with van der Waals surface area (Å²) in [6.45, 7) is 1.26. The highest BCUT2D eigenvalue weighted by atomic mass is 32.2. The van der Waals surface area contributed by atoms with E-state index in [9.17, 15) is 8.42 Å². The van der Waals surface area contributed by atoms with E-state index in [0.717, 1.165) is 45.1 Å². The molecule has 1 aromatic carbocycles. The fraction of sp³-hybridized carbons (Fsp3) is 0.600. The zero-order chi connectivity index (χ0) is 14.0. The molecule has 2 aliphatic rings. The molecule has 5 heteroatoms. The first-order valence-corrected chi connectivity index (χ1v) is 8.86. The molecule has 4 nitrogen and oxygen atoms in total. The molecule has 1 heterocycles. The molecule has 1 aliphatic carbocycles. The molecule has 0 amide bonds. The van der Waals surface area contributed by atoms with E-state index in [4.69, 9.17) is 4.74 Å². The van der Waals surface area contributed by atoms with E-state index in [2.05, 4.69) is 4.72 Å². The molecule has 0 spiro atoms. The Labute approximate surface area is 120 Å². The molecule has 1 aliphatic heterocycles. The first kappa shape index (κ1) is 14.0. The highest BCUT2D eigenvalue weighted by Crippen LogP contribution is 2.24. The van der Waals surface area contributed by atoms with Crippen LogP contribution in [0.25, 0.3) is 0 Å². The molecule has 1 unspecified atom stereocenters. The summed E-state index contributed by atoms with van der Waals surface area (Å²) in [5, 5.41) is 0. The molecule has 0 bridgehead atoms. The summed E-state index contributed by atoms with van der Waals surface area (Å²) in [5.74, 6) is 0. The van der Waals surface area contributed by atoms with Gasteiger partial charge in [-0.15, -0.1) is 0 Å². The van der Waals surface area contributed by atoms with E-state index >= 15 is 0 Å². The smallest absolute Gasteiger partial charge is 0.240 e. The van der Waals surface area contributed by atoms with E-state index in [-0.39, 0.29) is 6.10 Å². The third kappa shape index (κ3) is 3.05. The second-order valence-electron chi connectivity index (χ2n) is 5.61.